The maximum absolute atomic E-state index is 18.8. The van der Waals surface area contributed by atoms with E-state index < -0.39 is 41.3 Å². The van der Waals surface area contributed by atoms with Gasteiger partial charge in [0.15, 0.2) is 29.4 Å². The first-order valence-electron chi connectivity index (χ1n) is 25.7. The van der Waals surface area contributed by atoms with Gasteiger partial charge in [-0.2, -0.15) is 0 Å². The predicted molar refractivity (Wildman–Crippen MR) is 296 cm³/mol. The van der Waals surface area contributed by atoms with Crippen LogP contribution in [0.15, 0.2) is 286 Å². The molecule has 11 aromatic rings. The number of nitrogens with zero attached hydrogens (tertiary/aromatic N) is 4. The summed E-state index contributed by atoms with van der Waals surface area (Å²) in [7, 11) is 0. The maximum atomic E-state index is 18.8. The average molecular weight is 996 g/mol. The van der Waals surface area contributed by atoms with E-state index in [4.69, 9.17) is 29.2 Å². The zero-order chi connectivity index (χ0) is 51.2. The fourth-order valence-electron chi connectivity index (χ4n) is 11.2. The summed E-state index contributed by atoms with van der Waals surface area (Å²) >= 11 is 0. The topological polar surface area (TPSA) is 83.3 Å². The smallest absolute Gasteiger partial charge is 0.167 e. The number of fused-ring (bicyclic) bond motifs is 1. The van der Waals surface area contributed by atoms with Gasteiger partial charge in [0.25, 0.3) is 0 Å². The Labute approximate surface area is 442 Å². The van der Waals surface area contributed by atoms with Crippen LogP contribution in [0.4, 0.5) is 10.2 Å². The van der Waals surface area contributed by atoms with Crippen LogP contribution in [0.3, 0.4) is 0 Å². The molecular weight excluding hydrogens is 942 g/mol. The van der Waals surface area contributed by atoms with Crippen LogP contribution in [0.5, 0.6) is 0 Å². The Kier molecular flexibility index (Phi) is 13.4. The third-order valence-electron chi connectivity index (χ3n) is 14.7. The molecular formula is C67H54FN5O3. The largest absolute Gasteiger partial charge is 0.358 e. The highest BCUT2D eigenvalue weighted by Gasteiger charge is 2.54. The molecule has 9 aromatic carbocycles. The van der Waals surface area contributed by atoms with Crippen molar-refractivity contribution in [1.82, 2.24) is 19.5 Å². The van der Waals surface area contributed by atoms with Gasteiger partial charge in [-0.1, -0.05) is 273 Å². The molecule has 0 spiro atoms. The average Bonchev–Trinajstić information content (AvgIpc) is 4.09. The third-order valence-corrected chi connectivity index (χ3v) is 14.7. The zero-order valence-corrected chi connectivity index (χ0v) is 41.5. The summed E-state index contributed by atoms with van der Waals surface area (Å²) < 4.78 is 42.8. The standard InChI is InChI=1S/C67H54FN5O3/c68-59-58(46-74-66(52-34-16-4-17-35-52,53-36-18-5-19-37-53)54-38-20-6-21-39-54)75-64(61(59)76-67(55-40-22-7-23-41-55,56-42-24-8-25-43-56)57-44-26-9-27-45-57)73-48-71-60-62(69-47-70-63(60)73)72-65(49-28-10-1-11-29-49,50-30-12-2-13-31-50)51-32-14-3-15-33-51/h1-45,47-48,58-59,61,64H,46H2,(H,69,70,72)/t58-,59-,61-,64-/m1/s1. The maximum Gasteiger partial charge on any atom is 0.167 e. The minimum absolute atomic E-state index is 0.159. The number of hydrogen-bond acceptors (Lipinski definition) is 7. The Balaban J connectivity index is 1.02. The Morgan fingerprint density at radius 2 is 0.776 bits per heavy atom. The number of anilines is 1. The highest BCUT2D eigenvalue weighted by atomic mass is 19.1. The Morgan fingerprint density at radius 3 is 1.14 bits per heavy atom. The van der Waals surface area contributed by atoms with Crippen molar-refractivity contribution in [2.45, 2.75) is 41.3 Å². The van der Waals surface area contributed by atoms with E-state index >= 15 is 4.39 Å². The molecule has 1 N–H and O–H groups in total. The monoisotopic (exact) mass is 995 g/mol. The number of alkyl halides is 1. The molecule has 372 valence electrons. The first kappa shape index (κ1) is 48.1. The summed E-state index contributed by atoms with van der Waals surface area (Å²) in [6.07, 6.45) is -2.11. The molecule has 0 amide bonds. The van der Waals surface area contributed by atoms with Crippen molar-refractivity contribution in [3.05, 3.63) is 336 Å². The molecule has 1 aliphatic heterocycles. The van der Waals surface area contributed by atoms with Gasteiger partial charge in [-0.05, 0) is 50.1 Å². The van der Waals surface area contributed by atoms with Crippen LogP contribution >= 0.6 is 0 Å². The molecule has 76 heavy (non-hydrogen) atoms. The Bertz CT molecular complexity index is 3310. The van der Waals surface area contributed by atoms with Crippen molar-refractivity contribution < 1.29 is 18.6 Å². The number of benzene rings is 9. The first-order valence-corrected chi connectivity index (χ1v) is 25.7. The molecule has 1 fully saturated rings. The van der Waals surface area contributed by atoms with Crippen LogP contribution in [0.2, 0.25) is 0 Å². The van der Waals surface area contributed by atoms with Crippen molar-refractivity contribution in [3.8, 4) is 0 Å². The van der Waals surface area contributed by atoms with Gasteiger partial charge in [0, 0.05) is 0 Å². The summed E-state index contributed by atoms with van der Waals surface area (Å²) in [6.45, 7) is -0.159. The van der Waals surface area contributed by atoms with E-state index in [0.29, 0.717) is 17.0 Å². The van der Waals surface area contributed by atoms with E-state index in [9.17, 15) is 0 Å². The van der Waals surface area contributed by atoms with Gasteiger partial charge in [-0.15, -0.1) is 0 Å². The molecule has 12 rings (SSSR count). The van der Waals surface area contributed by atoms with Crippen LogP contribution in [0.25, 0.3) is 11.2 Å². The van der Waals surface area contributed by atoms with Gasteiger partial charge in [0.2, 0.25) is 0 Å². The summed E-state index contributed by atoms with van der Waals surface area (Å²) in [5, 5.41) is 3.91. The van der Waals surface area contributed by atoms with Gasteiger partial charge < -0.3 is 19.5 Å². The number of nitrogens with one attached hydrogen (secondary N) is 1. The second-order valence-electron chi connectivity index (χ2n) is 19.0. The molecule has 9 heteroatoms. The minimum Gasteiger partial charge on any atom is -0.358 e. The van der Waals surface area contributed by atoms with Crippen LogP contribution < -0.4 is 5.32 Å². The quantitative estimate of drug-likeness (QED) is 0.0910. The molecule has 0 bridgehead atoms. The molecule has 0 saturated carbocycles. The minimum atomic E-state index is -1.75. The van der Waals surface area contributed by atoms with Crippen molar-refractivity contribution in [2.24, 2.45) is 0 Å². The molecule has 2 aromatic heterocycles. The van der Waals surface area contributed by atoms with Crippen LogP contribution in [-0.4, -0.2) is 44.5 Å². The lowest BCUT2D eigenvalue weighted by Gasteiger charge is -2.39. The van der Waals surface area contributed by atoms with E-state index in [2.05, 4.69) is 78.1 Å². The van der Waals surface area contributed by atoms with E-state index in [1.165, 1.54) is 6.33 Å². The Morgan fingerprint density at radius 1 is 0.434 bits per heavy atom. The van der Waals surface area contributed by atoms with Crippen LogP contribution in [0.1, 0.15) is 56.3 Å². The van der Waals surface area contributed by atoms with Gasteiger partial charge in [-0.25, -0.2) is 19.3 Å². The third kappa shape index (κ3) is 8.64. The number of hydrogen-bond donors (Lipinski definition) is 1. The summed E-state index contributed by atoms with van der Waals surface area (Å²) in [5.74, 6) is 0.470. The highest BCUT2D eigenvalue weighted by Crippen LogP contribution is 2.49. The number of ether oxygens (including phenoxy) is 3. The molecule has 4 atom stereocenters. The second-order valence-corrected chi connectivity index (χ2v) is 19.0. The molecule has 1 aliphatic rings. The SMILES string of the molecule is F[C@H]1[C@@H](OC(c2ccccc2)(c2ccccc2)c2ccccc2)[C@H](n2cnc3c(NC(c4ccccc4)(c4ccccc4)c4ccccc4)ncnc32)O[C@@H]1COC(c1ccccc1)(c1ccccc1)c1ccccc1. The lowest BCUT2D eigenvalue weighted by molar-refractivity contribution is -0.119. The molecule has 8 nitrogen and oxygen atoms in total. The second kappa shape index (κ2) is 21.2. The van der Waals surface area contributed by atoms with E-state index in [1.807, 2.05) is 200 Å². The summed E-state index contributed by atoms with van der Waals surface area (Å²) in [5.41, 5.74) is 5.56. The van der Waals surface area contributed by atoms with E-state index in [-0.39, 0.29) is 6.61 Å². The zero-order valence-electron chi connectivity index (χ0n) is 41.5. The molecule has 1 saturated heterocycles. The first-order chi connectivity index (χ1) is 37.6. The van der Waals surface area contributed by atoms with Crippen molar-refractivity contribution in [2.75, 3.05) is 11.9 Å². The number of imidazole rings is 1. The van der Waals surface area contributed by atoms with Gasteiger partial charge in [0.05, 0.1) is 12.9 Å². The van der Waals surface area contributed by atoms with Gasteiger partial charge >= 0.3 is 0 Å². The fourth-order valence-corrected chi connectivity index (χ4v) is 11.2. The molecule has 0 aliphatic carbocycles. The number of aromatic nitrogens is 4. The van der Waals surface area contributed by atoms with Crippen LogP contribution in [0, 0.1) is 0 Å². The Hall–Kier alpha value is -8.86. The fraction of sp³-hybridized carbons (Fsp3) is 0.119. The molecule has 0 radical (unpaired) electrons. The van der Waals surface area contributed by atoms with Gasteiger partial charge in [0.1, 0.15) is 35.3 Å². The lowest BCUT2D eigenvalue weighted by atomic mass is 9.77. The predicted octanol–water partition coefficient (Wildman–Crippen LogP) is 13.9. The number of rotatable bonds is 17. The van der Waals surface area contributed by atoms with Crippen molar-refractivity contribution in [1.29, 1.82) is 0 Å². The van der Waals surface area contributed by atoms with Gasteiger partial charge in [-0.3, -0.25) is 4.57 Å². The van der Waals surface area contributed by atoms with E-state index in [1.54, 1.807) is 10.9 Å². The normalized spacial score (nSPS) is 16.9. The highest BCUT2D eigenvalue weighted by molar-refractivity contribution is 5.84. The van der Waals surface area contributed by atoms with Crippen LogP contribution in [-0.2, 0) is 31.0 Å². The molecule has 0 unspecified atom stereocenters. The number of halogens is 1. The summed E-state index contributed by atoms with van der Waals surface area (Å²) in [6, 6.07) is 91.2. The van der Waals surface area contributed by atoms with Crippen molar-refractivity contribution >= 4 is 17.0 Å². The van der Waals surface area contributed by atoms with E-state index in [0.717, 1.165) is 50.1 Å². The lowest BCUT2D eigenvalue weighted by Crippen LogP contribution is -2.43. The summed E-state index contributed by atoms with van der Waals surface area (Å²) in [4.78, 5) is 14.9. The van der Waals surface area contributed by atoms with Crippen molar-refractivity contribution in [3.63, 3.8) is 0 Å². The molecule has 3 heterocycles.